The number of nitriles is 1. The van der Waals surface area contributed by atoms with Crippen LogP contribution in [0.1, 0.15) is 54.5 Å². The molecule has 7 nitrogen and oxygen atoms in total. The lowest BCUT2D eigenvalue weighted by molar-refractivity contribution is 0.115. The molecule has 1 N–H and O–H groups in total. The molecule has 1 saturated carbocycles. The third-order valence-electron chi connectivity index (χ3n) is 8.08. The molecule has 0 amide bonds. The van der Waals surface area contributed by atoms with E-state index in [0.717, 1.165) is 66.0 Å². The summed E-state index contributed by atoms with van der Waals surface area (Å²) in [6.07, 6.45) is 6.85. The fourth-order valence-corrected chi connectivity index (χ4v) is 5.50. The number of piperidine rings is 1. The van der Waals surface area contributed by atoms with Crippen molar-refractivity contribution in [3.05, 3.63) is 58.8 Å². The average Bonchev–Trinajstić information content (AvgIpc) is 3.57. The van der Waals surface area contributed by atoms with Crippen molar-refractivity contribution in [2.24, 2.45) is 11.3 Å². The van der Waals surface area contributed by atoms with E-state index in [4.69, 9.17) is 14.5 Å². The zero-order chi connectivity index (χ0) is 25.8. The number of ether oxygens (including phenoxy) is 1. The smallest absolute Gasteiger partial charge is 0.175 e. The van der Waals surface area contributed by atoms with Crippen LogP contribution >= 0.6 is 0 Å². The summed E-state index contributed by atoms with van der Waals surface area (Å²) in [7, 11) is 4.08. The summed E-state index contributed by atoms with van der Waals surface area (Å²) in [6, 6.07) is 13.8. The summed E-state index contributed by atoms with van der Waals surface area (Å²) in [5.41, 5.74) is 4.74. The second-order valence-electron chi connectivity index (χ2n) is 11.3. The van der Waals surface area contributed by atoms with Crippen molar-refractivity contribution < 1.29 is 14.4 Å². The molecule has 2 fully saturated rings. The van der Waals surface area contributed by atoms with Gasteiger partial charge in [-0.1, -0.05) is 17.3 Å². The minimum absolute atomic E-state index is 0.210. The van der Waals surface area contributed by atoms with Gasteiger partial charge in [-0.2, -0.15) is 5.26 Å². The largest absolute Gasteiger partial charge is 0.488 e. The fourth-order valence-electron chi connectivity index (χ4n) is 5.50. The Bertz CT molecular complexity index is 1230. The van der Waals surface area contributed by atoms with Gasteiger partial charge in [0.15, 0.2) is 5.58 Å². The lowest BCUT2D eigenvalue weighted by Crippen LogP contribution is -2.38. The molecule has 0 radical (unpaired) electrons. The van der Waals surface area contributed by atoms with Gasteiger partial charge in [0.2, 0.25) is 0 Å². The van der Waals surface area contributed by atoms with Crippen LogP contribution in [0.3, 0.4) is 0 Å². The molecular formula is C30H38N4O3. The molecule has 2 aromatic carbocycles. The summed E-state index contributed by atoms with van der Waals surface area (Å²) in [6.45, 7) is 4.80. The highest BCUT2D eigenvalue weighted by Gasteiger charge is 2.43. The molecule has 1 saturated heterocycles. The van der Waals surface area contributed by atoms with Gasteiger partial charge in [0.05, 0.1) is 22.9 Å². The van der Waals surface area contributed by atoms with Crippen LogP contribution < -0.4 is 4.74 Å². The predicted molar refractivity (Wildman–Crippen MR) is 143 cm³/mol. The van der Waals surface area contributed by atoms with Crippen LogP contribution in [0.2, 0.25) is 0 Å². The number of aromatic nitrogens is 1. The number of rotatable bonds is 11. The second kappa shape index (κ2) is 11.2. The van der Waals surface area contributed by atoms with Crippen LogP contribution in [-0.4, -0.2) is 60.4 Å². The van der Waals surface area contributed by atoms with Gasteiger partial charge in [0.25, 0.3) is 0 Å². The van der Waals surface area contributed by atoms with E-state index in [0.29, 0.717) is 31.2 Å². The topological polar surface area (TPSA) is 85.8 Å². The van der Waals surface area contributed by atoms with Gasteiger partial charge < -0.3 is 24.2 Å². The Morgan fingerprint density at radius 1 is 1.16 bits per heavy atom. The highest BCUT2D eigenvalue weighted by atomic mass is 16.5. The molecule has 0 unspecified atom stereocenters. The van der Waals surface area contributed by atoms with Crippen molar-refractivity contribution >= 4 is 11.0 Å². The Morgan fingerprint density at radius 2 is 1.92 bits per heavy atom. The van der Waals surface area contributed by atoms with E-state index >= 15 is 0 Å². The molecule has 37 heavy (non-hydrogen) atoms. The summed E-state index contributed by atoms with van der Waals surface area (Å²) in [5.74, 6) is 1.51. The molecule has 0 spiro atoms. The lowest BCUT2D eigenvalue weighted by Gasteiger charge is -2.34. The number of fused-ring (bicyclic) bond motifs is 1. The van der Waals surface area contributed by atoms with Crippen molar-refractivity contribution in [3.63, 3.8) is 0 Å². The van der Waals surface area contributed by atoms with Crippen molar-refractivity contribution in [1.29, 1.82) is 5.26 Å². The van der Waals surface area contributed by atoms with Crippen molar-refractivity contribution in [2.45, 2.75) is 51.7 Å². The van der Waals surface area contributed by atoms with Crippen LogP contribution in [0.25, 0.3) is 11.0 Å². The maximum absolute atomic E-state index is 9.64. The Labute approximate surface area is 219 Å². The monoisotopic (exact) mass is 502 g/mol. The van der Waals surface area contributed by atoms with E-state index in [9.17, 15) is 5.11 Å². The van der Waals surface area contributed by atoms with Gasteiger partial charge in [-0.15, -0.1) is 0 Å². The van der Waals surface area contributed by atoms with Crippen molar-refractivity contribution in [3.8, 4) is 11.8 Å². The summed E-state index contributed by atoms with van der Waals surface area (Å²) >= 11 is 0. The van der Waals surface area contributed by atoms with Crippen LogP contribution in [0.4, 0.5) is 0 Å². The van der Waals surface area contributed by atoms with E-state index in [-0.39, 0.29) is 5.41 Å². The number of aliphatic hydroxyl groups excluding tert-OH is 1. The van der Waals surface area contributed by atoms with Gasteiger partial charge in [-0.25, -0.2) is 0 Å². The van der Waals surface area contributed by atoms with Crippen LogP contribution in [0.15, 0.2) is 40.9 Å². The second-order valence-corrected chi connectivity index (χ2v) is 11.3. The normalized spacial score (nSPS) is 17.8. The zero-order valence-electron chi connectivity index (χ0n) is 22.1. The zero-order valence-corrected chi connectivity index (χ0v) is 22.1. The Hall–Kier alpha value is -2.92. The molecule has 5 rings (SSSR count). The average molecular weight is 503 g/mol. The number of hydrogen-bond donors (Lipinski definition) is 1. The molecule has 7 heteroatoms. The molecular weight excluding hydrogens is 464 g/mol. The molecule has 196 valence electrons. The quantitative estimate of drug-likeness (QED) is 0.405. The van der Waals surface area contributed by atoms with E-state index in [1.807, 2.05) is 44.4 Å². The number of hydrogen-bond acceptors (Lipinski definition) is 7. The molecule has 1 aliphatic carbocycles. The van der Waals surface area contributed by atoms with Gasteiger partial charge >= 0.3 is 0 Å². The van der Waals surface area contributed by atoms with Gasteiger partial charge in [0.1, 0.15) is 12.4 Å². The first-order valence-corrected chi connectivity index (χ1v) is 13.5. The standard InChI is InChI=1S/C30H38N4O3/c1-33(2)18-26-28(36-19-24-5-3-23(17-31)4-6-24)10-8-25-27(32-37-29(25)26)9-7-22-11-15-34(16-12-22)20-30(21-35)13-14-30/h3-6,8,10,22,35H,7,9,11-16,18-21H2,1-2H3. The summed E-state index contributed by atoms with van der Waals surface area (Å²) < 4.78 is 12.1. The number of aryl methyl sites for hydroxylation is 1. The fraction of sp³-hybridized carbons (Fsp3) is 0.533. The molecule has 2 heterocycles. The Balaban J connectivity index is 1.22. The van der Waals surface area contributed by atoms with Gasteiger partial charge in [0, 0.05) is 30.5 Å². The lowest BCUT2D eigenvalue weighted by atomic mass is 9.90. The minimum Gasteiger partial charge on any atom is -0.488 e. The Morgan fingerprint density at radius 3 is 2.57 bits per heavy atom. The molecule has 0 bridgehead atoms. The van der Waals surface area contributed by atoms with E-state index < -0.39 is 0 Å². The third kappa shape index (κ3) is 6.15. The molecule has 1 aliphatic heterocycles. The van der Waals surface area contributed by atoms with E-state index in [1.54, 1.807) is 0 Å². The maximum atomic E-state index is 9.64. The number of aliphatic hydroxyl groups is 1. The number of likely N-dealkylation sites (tertiary alicyclic amines) is 1. The molecule has 3 aromatic rings. The van der Waals surface area contributed by atoms with Crippen LogP contribution in [0.5, 0.6) is 5.75 Å². The van der Waals surface area contributed by atoms with Crippen molar-refractivity contribution in [2.75, 3.05) is 40.3 Å². The summed E-state index contributed by atoms with van der Waals surface area (Å²) in [5, 5.41) is 24.2. The SMILES string of the molecule is CN(C)Cc1c(OCc2ccc(C#N)cc2)ccc2c(CCC3CCN(CC4(CO)CC4)CC3)noc12. The first-order chi connectivity index (χ1) is 18.0. The number of benzene rings is 2. The summed E-state index contributed by atoms with van der Waals surface area (Å²) in [4.78, 5) is 4.67. The van der Waals surface area contributed by atoms with Crippen LogP contribution in [-0.2, 0) is 19.6 Å². The minimum atomic E-state index is 0.210. The van der Waals surface area contributed by atoms with E-state index in [2.05, 4.69) is 27.1 Å². The molecule has 0 atom stereocenters. The first kappa shape index (κ1) is 25.7. The van der Waals surface area contributed by atoms with Crippen LogP contribution in [0, 0.1) is 22.7 Å². The van der Waals surface area contributed by atoms with Gasteiger partial charge in [-0.3, -0.25) is 0 Å². The highest BCUT2D eigenvalue weighted by molar-refractivity contribution is 5.84. The van der Waals surface area contributed by atoms with E-state index in [1.165, 1.54) is 25.7 Å². The predicted octanol–water partition coefficient (Wildman–Crippen LogP) is 4.76. The molecule has 1 aromatic heterocycles. The third-order valence-corrected chi connectivity index (χ3v) is 8.08. The Kier molecular flexibility index (Phi) is 7.80. The molecule has 2 aliphatic rings. The first-order valence-electron chi connectivity index (χ1n) is 13.5. The van der Waals surface area contributed by atoms with Crippen molar-refractivity contribution in [1.82, 2.24) is 15.0 Å². The number of nitrogens with zero attached hydrogens (tertiary/aromatic N) is 4. The highest BCUT2D eigenvalue weighted by Crippen LogP contribution is 2.46. The maximum Gasteiger partial charge on any atom is 0.175 e. The van der Waals surface area contributed by atoms with Gasteiger partial charge in [-0.05, 0) is 101 Å².